The number of nitrogens with one attached hydrogen (secondary N) is 1. The quantitative estimate of drug-likeness (QED) is 0.444. The highest BCUT2D eigenvalue weighted by molar-refractivity contribution is 5.91. The Morgan fingerprint density at radius 1 is 1.38 bits per heavy atom. The molecule has 1 unspecified atom stereocenters. The lowest BCUT2D eigenvalue weighted by molar-refractivity contribution is -0.137. The van der Waals surface area contributed by atoms with Crippen molar-refractivity contribution in [1.29, 1.82) is 0 Å². The number of carboxylic acid groups (broad SMARTS) is 1. The summed E-state index contributed by atoms with van der Waals surface area (Å²) in [7, 11) is 0. The predicted molar refractivity (Wildman–Crippen MR) is 56.3 cm³/mol. The average Bonchev–Trinajstić information content (AvgIpc) is 2.12. The maximum atomic E-state index is 11.4. The van der Waals surface area contributed by atoms with Gasteiger partial charge in [-0.2, -0.15) is 0 Å². The van der Waals surface area contributed by atoms with Crippen LogP contribution in [0.4, 0.5) is 0 Å². The van der Waals surface area contributed by atoms with Crippen molar-refractivity contribution < 1.29 is 19.5 Å². The van der Waals surface area contributed by atoms with Gasteiger partial charge in [0.15, 0.2) is 0 Å². The lowest BCUT2D eigenvalue weighted by Crippen LogP contribution is -2.56. The third-order valence-corrected chi connectivity index (χ3v) is 2.06. The van der Waals surface area contributed by atoms with Crippen LogP contribution in [0.2, 0.25) is 0 Å². The Bertz CT molecular complexity index is 301. The summed E-state index contributed by atoms with van der Waals surface area (Å²) in [5.74, 6) is -2.31. The van der Waals surface area contributed by atoms with Crippen molar-refractivity contribution in [3.05, 3.63) is 0 Å². The minimum Gasteiger partial charge on any atom is -0.481 e. The Morgan fingerprint density at radius 3 is 2.25 bits per heavy atom. The van der Waals surface area contributed by atoms with E-state index in [1.54, 1.807) is 0 Å². The molecule has 7 nitrogen and oxygen atoms in total. The van der Waals surface area contributed by atoms with Crippen LogP contribution in [0.15, 0.2) is 0 Å². The van der Waals surface area contributed by atoms with E-state index in [0.29, 0.717) is 0 Å². The molecular weight excluding hydrogens is 214 g/mol. The number of nitrogens with two attached hydrogens (primary N) is 2. The number of primary amides is 1. The van der Waals surface area contributed by atoms with E-state index in [9.17, 15) is 14.4 Å². The van der Waals surface area contributed by atoms with E-state index < -0.39 is 29.4 Å². The number of amides is 2. The standard InChI is InChI=1S/C9H17N3O4/c1-9(2,8(11)16)12-7(15)5(10)3-4-6(13)14/h5H,3-4,10H2,1-2H3,(H2,11,16)(H,12,15)(H,13,14). The lowest BCUT2D eigenvalue weighted by atomic mass is 10.0. The fourth-order valence-electron chi connectivity index (χ4n) is 0.872. The van der Waals surface area contributed by atoms with Gasteiger partial charge in [-0.15, -0.1) is 0 Å². The molecule has 0 saturated heterocycles. The van der Waals surface area contributed by atoms with E-state index in [0.717, 1.165) is 0 Å². The minimum atomic E-state index is -1.20. The van der Waals surface area contributed by atoms with Gasteiger partial charge in [0.05, 0.1) is 6.04 Å². The summed E-state index contributed by atoms with van der Waals surface area (Å²) in [4.78, 5) is 32.6. The third kappa shape index (κ3) is 4.74. The van der Waals surface area contributed by atoms with Gasteiger partial charge in [0, 0.05) is 6.42 Å². The van der Waals surface area contributed by atoms with Crippen molar-refractivity contribution in [3.63, 3.8) is 0 Å². The summed E-state index contributed by atoms with van der Waals surface area (Å²) in [5.41, 5.74) is 9.30. The Hall–Kier alpha value is -1.63. The molecule has 2 amide bonds. The van der Waals surface area contributed by atoms with Gasteiger partial charge in [0.2, 0.25) is 11.8 Å². The van der Waals surface area contributed by atoms with Gasteiger partial charge in [-0.25, -0.2) is 0 Å². The van der Waals surface area contributed by atoms with E-state index in [2.05, 4.69) is 5.32 Å². The highest BCUT2D eigenvalue weighted by atomic mass is 16.4. The topological polar surface area (TPSA) is 136 Å². The molecule has 7 heteroatoms. The monoisotopic (exact) mass is 231 g/mol. The smallest absolute Gasteiger partial charge is 0.303 e. The summed E-state index contributed by atoms with van der Waals surface area (Å²) >= 11 is 0. The van der Waals surface area contributed by atoms with Crippen molar-refractivity contribution in [2.24, 2.45) is 11.5 Å². The summed E-state index contributed by atoms with van der Waals surface area (Å²) < 4.78 is 0. The predicted octanol–water partition coefficient (Wildman–Crippen LogP) is -1.44. The second-order valence-electron chi connectivity index (χ2n) is 4.02. The van der Waals surface area contributed by atoms with E-state index in [-0.39, 0.29) is 12.8 Å². The van der Waals surface area contributed by atoms with Gasteiger partial charge < -0.3 is 21.9 Å². The molecule has 0 bridgehead atoms. The molecular formula is C9H17N3O4. The maximum Gasteiger partial charge on any atom is 0.303 e. The molecule has 1 atom stereocenters. The SMILES string of the molecule is CC(C)(NC(=O)C(N)CCC(=O)O)C(N)=O. The summed E-state index contributed by atoms with van der Waals surface area (Å²) in [6.07, 6.45) is -0.193. The van der Waals surface area contributed by atoms with Crippen LogP contribution < -0.4 is 16.8 Å². The van der Waals surface area contributed by atoms with Crippen LogP contribution >= 0.6 is 0 Å². The van der Waals surface area contributed by atoms with Crippen molar-refractivity contribution in [3.8, 4) is 0 Å². The second kappa shape index (κ2) is 5.45. The zero-order valence-electron chi connectivity index (χ0n) is 9.32. The first-order valence-electron chi connectivity index (χ1n) is 4.76. The highest BCUT2D eigenvalue weighted by Gasteiger charge is 2.28. The van der Waals surface area contributed by atoms with Crippen LogP contribution in [0.25, 0.3) is 0 Å². The largest absolute Gasteiger partial charge is 0.481 e. The number of carbonyl (C=O) groups excluding carboxylic acids is 2. The molecule has 92 valence electrons. The van der Waals surface area contributed by atoms with Crippen molar-refractivity contribution in [1.82, 2.24) is 5.32 Å². The first-order valence-corrected chi connectivity index (χ1v) is 4.76. The molecule has 16 heavy (non-hydrogen) atoms. The molecule has 6 N–H and O–H groups in total. The van der Waals surface area contributed by atoms with Crippen LogP contribution in [-0.4, -0.2) is 34.5 Å². The molecule has 0 heterocycles. The average molecular weight is 231 g/mol. The summed E-state index contributed by atoms with van der Waals surface area (Å²) in [6, 6.07) is -0.963. The zero-order valence-corrected chi connectivity index (χ0v) is 9.32. The first kappa shape index (κ1) is 14.4. The Kier molecular flexibility index (Phi) is 4.90. The van der Waals surface area contributed by atoms with Gasteiger partial charge in [-0.3, -0.25) is 14.4 Å². The molecule has 0 aromatic rings. The summed E-state index contributed by atoms with van der Waals surface area (Å²) in [6.45, 7) is 2.88. The number of carbonyl (C=O) groups is 3. The van der Waals surface area contributed by atoms with Crippen molar-refractivity contribution in [2.45, 2.75) is 38.3 Å². The Labute approximate surface area is 93.2 Å². The Balaban J connectivity index is 4.25. The zero-order chi connectivity index (χ0) is 12.9. The maximum absolute atomic E-state index is 11.4. The number of rotatable bonds is 6. The molecule has 0 radical (unpaired) electrons. The van der Waals surface area contributed by atoms with Crippen LogP contribution in [-0.2, 0) is 14.4 Å². The van der Waals surface area contributed by atoms with Crippen molar-refractivity contribution >= 4 is 17.8 Å². The molecule has 0 aliphatic rings. The summed E-state index contributed by atoms with van der Waals surface area (Å²) in [5, 5.41) is 10.8. The fourth-order valence-corrected chi connectivity index (χ4v) is 0.872. The van der Waals surface area contributed by atoms with Gasteiger partial charge in [0.25, 0.3) is 0 Å². The molecule has 0 fully saturated rings. The molecule has 0 spiro atoms. The van der Waals surface area contributed by atoms with Gasteiger partial charge >= 0.3 is 5.97 Å². The van der Waals surface area contributed by atoms with Gasteiger partial charge in [-0.1, -0.05) is 0 Å². The number of hydrogen-bond acceptors (Lipinski definition) is 4. The Morgan fingerprint density at radius 2 is 1.88 bits per heavy atom. The van der Waals surface area contributed by atoms with E-state index in [1.165, 1.54) is 13.8 Å². The second-order valence-corrected chi connectivity index (χ2v) is 4.02. The molecule has 0 aliphatic carbocycles. The normalized spacial score (nSPS) is 12.9. The van der Waals surface area contributed by atoms with E-state index in [1.807, 2.05) is 0 Å². The van der Waals surface area contributed by atoms with Crippen LogP contribution in [0, 0.1) is 0 Å². The van der Waals surface area contributed by atoms with Crippen LogP contribution in [0.3, 0.4) is 0 Å². The molecule has 0 saturated carbocycles. The van der Waals surface area contributed by atoms with Gasteiger partial charge in [-0.05, 0) is 20.3 Å². The van der Waals surface area contributed by atoms with Crippen LogP contribution in [0.5, 0.6) is 0 Å². The van der Waals surface area contributed by atoms with E-state index in [4.69, 9.17) is 16.6 Å². The van der Waals surface area contributed by atoms with Gasteiger partial charge in [0.1, 0.15) is 5.54 Å². The van der Waals surface area contributed by atoms with Crippen molar-refractivity contribution in [2.75, 3.05) is 0 Å². The van der Waals surface area contributed by atoms with E-state index >= 15 is 0 Å². The molecule has 0 rings (SSSR count). The van der Waals surface area contributed by atoms with Crippen LogP contribution in [0.1, 0.15) is 26.7 Å². The molecule has 0 aromatic heterocycles. The first-order chi connectivity index (χ1) is 7.16. The molecule has 0 aliphatic heterocycles. The highest BCUT2D eigenvalue weighted by Crippen LogP contribution is 2.02. The lowest BCUT2D eigenvalue weighted by Gasteiger charge is -2.24. The number of hydrogen-bond donors (Lipinski definition) is 4. The fraction of sp³-hybridized carbons (Fsp3) is 0.667. The molecule has 0 aromatic carbocycles. The number of aliphatic carboxylic acids is 1. The minimum absolute atomic E-state index is 0.00993. The number of carboxylic acids is 1. The third-order valence-electron chi connectivity index (χ3n) is 2.06.